The largest absolute Gasteiger partial charge is 0.376 e. The molecule has 10 heavy (non-hydrogen) atoms. The Morgan fingerprint density at radius 1 is 1.50 bits per heavy atom. The molecule has 0 radical (unpaired) electrons. The fraction of sp³-hybridized carbons (Fsp3) is 1.00. The molecule has 1 unspecified atom stereocenters. The van der Waals surface area contributed by atoms with E-state index in [1.807, 2.05) is 0 Å². The van der Waals surface area contributed by atoms with E-state index < -0.39 is 0 Å². The first-order valence-electron chi connectivity index (χ1n) is 4.20. The highest BCUT2D eigenvalue weighted by molar-refractivity contribution is 4.68. The molecule has 0 spiro atoms. The maximum absolute atomic E-state index is 5.52. The maximum Gasteiger partial charge on any atom is 0.0700 e. The molecule has 0 aromatic heterocycles. The van der Waals surface area contributed by atoms with Crippen LogP contribution in [0.25, 0.3) is 0 Å². The normalized spacial score (nSPS) is 28.8. The van der Waals surface area contributed by atoms with E-state index in [0.29, 0.717) is 6.10 Å². The number of morpholine rings is 1. The minimum Gasteiger partial charge on any atom is -0.376 e. The van der Waals surface area contributed by atoms with Crippen LogP contribution in [0.1, 0.15) is 20.3 Å². The van der Waals surface area contributed by atoms with Crippen LogP contribution in [0.3, 0.4) is 0 Å². The lowest BCUT2D eigenvalue weighted by atomic mass is 10.2. The van der Waals surface area contributed by atoms with Gasteiger partial charge in [0, 0.05) is 13.1 Å². The zero-order valence-corrected chi connectivity index (χ0v) is 6.97. The molecule has 0 amide bonds. The molecule has 2 heteroatoms. The maximum atomic E-state index is 5.52. The summed E-state index contributed by atoms with van der Waals surface area (Å²) in [6.45, 7) is 8.73. The summed E-state index contributed by atoms with van der Waals surface area (Å²) in [5.74, 6) is 0. The lowest BCUT2D eigenvalue weighted by Crippen LogP contribution is -2.41. The predicted molar refractivity (Wildman–Crippen MR) is 42.1 cm³/mol. The van der Waals surface area contributed by atoms with Crippen LogP contribution in [-0.4, -0.2) is 37.2 Å². The van der Waals surface area contributed by atoms with Gasteiger partial charge in [-0.15, -0.1) is 0 Å². The molecule has 1 atom stereocenters. The highest BCUT2D eigenvalue weighted by atomic mass is 16.5. The van der Waals surface area contributed by atoms with E-state index in [-0.39, 0.29) is 0 Å². The summed E-state index contributed by atoms with van der Waals surface area (Å²) in [7, 11) is 0. The first kappa shape index (κ1) is 8.02. The van der Waals surface area contributed by atoms with Crippen molar-refractivity contribution in [3.63, 3.8) is 0 Å². The van der Waals surface area contributed by atoms with Crippen LogP contribution in [0.15, 0.2) is 0 Å². The van der Waals surface area contributed by atoms with Crippen molar-refractivity contribution in [2.24, 2.45) is 0 Å². The van der Waals surface area contributed by atoms with Gasteiger partial charge in [-0.25, -0.2) is 0 Å². The molecule has 60 valence electrons. The monoisotopic (exact) mass is 143 g/mol. The van der Waals surface area contributed by atoms with E-state index in [1.54, 1.807) is 0 Å². The van der Waals surface area contributed by atoms with Gasteiger partial charge in [0.1, 0.15) is 0 Å². The Kier molecular flexibility index (Phi) is 3.16. The van der Waals surface area contributed by atoms with Crippen LogP contribution < -0.4 is 0 Å². The number of rotatable bonds is 2. The molecule has 0 saturated carbocycles. The molecular weight excluding hydrogens is 126 g/mol. The van der Waals surface area contributed by atoms with Gasteiger partial charge in [-0.05, 0) is 13.0 Å². The second kappa shape index (κ2) is 3.94. The first-order chi connectivity index (χ1) is 4.86. The quantitative estimate of drug-likeness (QED) is 0.574. The summed E-state index contributed by atoms with van der Waals surface area (Å²) < 4.78 is 5.52. The van der Waals surface area contributed by atoms with E-state index in [9.17, 15) is 0 Å². The van der Waals surface area contributed by atoms with Gasteiger partial charge in [0.25, 0.3) is 0 Å². The second-order valence-corrected chi connectivity index (χ2v) is 2.79. The van der Waals surface area contributed by atoms with Crippen LogP contribution in [0.2, 0.25) is 0 Å². The van der Waals surface area contributed by atoms with Crippen molar-refractivity contribution < 1.29 is 4.74 Å². The van der Waals surface area contributed by atoms with E-state index in [4.69, 9.17) is 4.74 Å². The Bertz CT molecular complexity index is 85.3. The third-order valence-corrected chi connectivity index (χ3v) is 2.13. The van der Waals surface area contributed by atoms with Gasteiger partial charge >= 0.3 is 0 Å². The van der Waals surface area contributed by atoms with Crippen LogP contribution in [0, 0.1) is 0 Å². The first-order valence-corrected chi connectivity index (χ1v) is 4.20. The summed E-state index contributed by atoms with van der Waals surface area (Å²) in [5.41, 5.74) is 0. The fourth-order valence-corrected chi connectivity index (χ4v) is 1.31. The lowest BCUT2D eigenvalue weighted by molar-refractivity contribution is -0.0278. The van der Waals surface area contributed by atoms with Gasteiger partial charge in [-0.3, -0.25) is 4.90 Å². The average molecular weight is 143 g/mol. The number of nitrogens with zero attached hydrogens (tertiary/aromatic N) is 1. The Morgan fingerprint density at radius 3 is 2.90 bits per heavy atom. The van der Waals surface area contributed by atoms with Crippen LogP contribution in [-0.2, 0) is 4.74 Å². The van der Waals surface area contributed by atoms with Crippen molar-refractivity contribution >= 4 is 0 Å². The summed E-state index contributed by atoms with van der Waals surface area (Å²) >= 11 is 0. The van der Waals surface area contributed by atoms with Crippen LogP contribution in [0.4, 0.5) is 0 Å². The van der Waals surface area contributed by atoms with Gasteiger partial charge in [-0.2, -0.15) is 0 Å². The van der Waals surface area contributed by atoms with Gasteiger partial charge in [0.2, 0.25) is 0 Å². The van der Waals surface area contributed by atoms with E-state index in [0.717, 1.165) is 26.1 Å². The molecule has 2 nitrogen and oxygen atoms in total. The predicted octanol–water partition coefficient (Wildman–Crippen LogP) is 1.12. The molecule has 0 aliphatic carbocycles. The summed E-state index contributed by atoms with van der Waals surface area (Å²) in [4.78, 5) is 2.44. The minimum absolute atomic E-state index is 0.494. The number of hydrogen-bond acceptors (Lipinski definition) is 2. The van der Waals surface area contributed by atoms with Crippen LogP contribution >= 0.6 is 0 Å². The van der Waals surface area contributed by atoms with Crippen molar-refractivity contribution in [2.75, 3.05) is 26.2 Å². The summed E-state index contributed by atoms with van der Waals surface area (Å²) in [6.07, 6.45) is 1.64. The number of hydrogen-bond donors (Lipinski definition) is 0. The summed E-state index contributed by atoms with van der Waals surface area (Å²) in [6, 6.07) is 0. The SMILES string of the molecule is CCC1CN(CC)CCO1. The van der Waals surface area contributed by atoms with E-state index in [2.05, 4.69) is 18.7 Å². The molecule has 0 N–H and O–H groups in total. The van der Waals surface area contributed by atoms with Gasteiger partial charge in [-0.1, -0.05) is 13.8 Å². The van der Waals surface area contributed by atoms with Crippen LogP contribution in [0.5, 0.6) is 0 Å². The molecule has 1 heterocycles. The van der Waals surface area contributed by atoms with Crippen molar-refractivity contribution in [3.8, 4) is 0 Å². The van der Waals surface area contributed by atoms with Crippen molar-refractivity contribution in [1.29, 1.82) is 0 Å². The summed E-state index contributed by atoms with van der Waals surface area (Å²) in [5, 5.41) is 0. The highest BCUT2D eigenvalue weighted by Crippen LogP contribution is 2.06. The average Bonchev–Trinajstić information content (AvgIpc) is 2.05. The van der Waals surface area contributed by atoms with Gasteiger partial charge < -0.3 is 4.74 Å². The standard InChI is InChI=1S/C8H17NO/c1-3-8-7-9(4-2)5-6-10-8/h8H,3-7H2,1-2H3. The van der Waals surface area contributed by atoms with Crippen molar-refractivity contribution in [3.05, 3.63) is 0 Å². The topological polar surface area (TPSA) is 12.5 Å². The minimum atomic E-state index is 0.494. The zero-order chi connectivity index (χ0) is 7.40. The highest BCUT2D eigenvalue weighted by Gasteiger charge is 2.16. The Labute approximate surface area is 63.2 Å². The molecule has 1 aliphatic heterocycles. The zero-order valence-electron chi connectivity index (χ0n) is 6.97. The third kappa shape index (κ3) is 1.96. The molecule has 0 aromatic carbocycles. The number of likely N-dealkylation sites (N-methyl/N-ethyl adjacent to an activating group) is 1. The molecule has 1 rings (SSSR count). The van der Waals surface area contributed by atoms with Crippen molar-refractivity contribution in [1.82, 2.24) is 4.90 Å². The molecule has 1 saturated heterocycles. The fourth-order valence-electron chi connectivity index (χ4n) is 1.31. The molecular formula is C8H17NO. The smallest absolute Gasteiger partial charge is 0.0700 e. The molecule has 0 aromatic rings. The molecule has 1 fully saturated rings. The Morgan fingerprint density at radius 2 is 2.30 bits per heavy atom. The molecule has 0 bridgehead atoms. The molecule has 1 aliphatic rings. The Hall–Kier alpha value is -0.0800. The van der Waals surface area contributed by atoms with Crippen molar-refractivity contribution in [2.45, 2.75) is 26.4 Å². The van der Waals surface area contributed by atoms with Gasteiger partial charge in [0.15, 0.2) is 0 Å². The third-order valence-electron chi connectivity index (χ3n) is 2.13. The lowest BCUT2D eigenvalue weighted by Gasteiger charge is -2.31. The number of ether oxygens (including phenoxy) is 1. The Balaban J connectivity index is 2.25. The van der Waals surface area contributed by atoms with E-state index >= 15 is 0 Å². The van der Waals surface area contributed by atoms with Gasteiger partial charge in [0.05, 0.1) is 12.7 Å². The van der Waals surface area contributed by atoms with E-state index in [1.165, 1.54) is 6.54 Å². The second-order valence-electron chi connectivity index (χ2n) is 2.79.